The van der Waals surface area contributed by atoms with Crippen molar-refractivity contribution in [3.8, 4) is 0 Å². The molecule has 1 aromatic rings. The summed E-state index contributed by atoms with van der Waals surface area (Å²) in [5.41, 5.74) is 1.79. The van der Waals surface area contributed by atoms with Gasteiger partial charge in [0.05, 0.1) is 0 Å². The first-order chi connectivity index (χ1) is 9.12. The minimum Gasteiger partial charge on any atom is -0.309 e. The Morgan fingerprint density at radius 3 is 2.84 bits per heavy atom. The van der Waals surface area contributed by atoms with Crippen molar-refractivity contribution in [1.82, 2.24) is 10.2 Å². The van der Waals surface area contributed by atoms with Crippen LogP contribution in [0.3, 0.4) is 0 Å². The predicted octanol–water partition coefficient (Wildman–Crippen LogP) is 3.04. The maximum absolute atomic E-state index is 3.83. The fourth-order valence-electron chi connectivity index (χ4n) is 3.92. The molecule has 19 heavy (non-hydrogen) atoms. The van der Waals surface area contributed by atoms with E-state index in [-0.39, 0.29) is 0 Å². The lowest BCUT2D eigenvalue weighted by atomic mass is 9.93. The molecule has 2 aliphatic heterocycles. The van der Waals surface area contributed by atoms with Crippen LogP contribution in [0.5, 0.6) is 0 Å². The molecule has 104 valence electrons. The Bertz CT molecular complexity index is 413. The molecule has 2 aliphatic rings. The Labute approximate surface area is 117 Å². The summed E-state index contributed by atoms with van der Waals surface area (Å²) >= 11 is 0. The van der Waals surface area contributed by atoms with Gasteiger partial charge in [0.1, 0.15) is 0 Å². The first-order valence-corrected chi connectivity index (χ1v) is 7.66. The molecule has 0 aliphatic carbocycles. The van der Waals surface area contributed by atoms with Crippen molar-refractivity contribution >= 4 is 0 Å². The number of hydrogen-bond acceptors (Lipinski definition) is 2. The van der Waals surface area contributed by atoms with E-state index in [4.69, 9.17) is 0 Å². The second-order valence-corrected chi connectivity index (χ2v) is 6.96. The molecule has 0 radical (unpaired) electrons. The topological polar surface area (TPSA) is 15.3 Å². The van der Waals surface area contributed by atoms with Crippen molar-refractivity contribution in [1.29, 1.82) is 0 Å². The van der Waals surface area contributed by atoms with Gasteiger partial charge in [0, 0.05) is 24.7 Å². The summed E-state index contributed by atoms with van der Waals surface area (Å²) in [6.45, 7) is 8.33. The summed E-state index contributed by atoms with van der Waals surface area (Å²) in [5.74, 6) is 0.834. The van der Waals surface area contributed by atoms with Gasteiger partial charge in [-0.1, -0.05) is 30.3 Å². The van der Waals surface area contributed by atoms with E-state index in [1.807, 2.05) is 0 Å². The van der Waals surface area contributed by atoms with Crippen molar-refractivity contribution in [2.45, 2.75) is 51.2 Å². The molecule has 2 heteroatoms. The van der Waals surface area contributed by atoms with Gasteiger partial charge in [0.15, 0.2) is 0 Å². The standard InChI is InChI=1S/C17H26N2/c1-17(2)11-15-13-19(10-6-9-16(15)18-17)12-14-7-4-3-5-8-14/h3-5,7-8,15-16,18H,6,9-13H2,1-2H3. The Kier molecular flexibility index (Phi) is 3.64. The van der Waals surface area contributed by atoms with Gasteiger partial charge in [-0.15, -0.1) is 0 Å². The van der Waals surface area contributed by atoms with Crippen LogP contribution in [0.2, 0.25) is 0 Å². The SMILES string of the molecule is CC1(C)CC2CN(Cc3ccccc3)CCCC2N1. The minimum absolute atomic E-state index is 0.338. The second-order valence-electron chi connectivity index (χ2n) is 6.96. The highest BCUT2D eigenvalue weighted by molar-refractivity contribution is 5.14. The number of rotatable bonds is 2. The van der Waals surface area contributed by atoms with E-state index in [1.165, 1.54) is 37.9 Å². The molecule has 2 heterocycles. The predicted molar refractivity (Wildman–Crippen MR) is 80.1 cm³/mol. The number of likely N-dealkylation sites (tertiary alicyclic amines) is 1. The second kappa shape index (κ2) is 5.26. The summed E-state index contributed by atoms with van der Waals surface area (Å²) in [5, 5.41) is 3.83. The summed E-state index contributed by atoms with van der Waals surface area (Å²) in [7, 11) is 0. The van der Waals surface area contributed by atoms with Crippen molar-refractivity contribution in [3.05, 3.63) is 35.9 Å². The highest BCUT2D eigenvalue weighted by Crippen LogP contribution is 2.33. The maximum Gasteiger partial charge on any atom is 0.0233 e. The van der Waals surface area contributed by atoms with Gasteiger partial charge in [0.2, 0.25) is 0 Å². The van der Waals surface area contributed by atoms with E-state index >= 15 is 0 Å². The lowest BCUT2D eigenvalue weighted by Gasteiger charge is -2.24. The van der Waals surface area contributed by atoms with E-state index < -0.39 is 0 Å². The molecule has 2 fully saturated rings. The molecule has 2 unspecified atom stereocenters. The van der Waals surface area contributed by atoms with Gasteiger partial charge in [-0.2, -0.15) is 0 Å². The summed E-state index contributed by atoms with van der Waals surface area (Å²) in [6, 6.07) is 11.6. The molecule has 2 atom stereocenters. The molecule has 0 amide bonds. The Balaban J connectivity index is 1.65. The summed E-state index contributed by atoms with van der Waals surface area (Å²) < 4.78 is 0. The van der Waals surface area contributed by atoms with Gasteiger partial charge < -0.3 is 5.32 Å². The minimum atomic E-state index is 0.338. The van der Waals surface area contributed by atoms with E-state index in [9.17, 15) is 0 Å². The largest absolute Gasteiger partial charge is 0.309 e. The van der Waals surface area contributed by atoms with Gasteiger partial charge in [0.25, 0.3) is 0 Å². The van der Waals surface area contributed by atoms with Gasteiger partial charge in [-0.3, -0.25) is 4.90 Å². The fraction of sp³-hybridized carbons (Fsp3) is 0.647. The van der Waals surface area contributed by atoms with Crippen LogP contribution in [-0.4, -0.2) is 29.6 Å². The van der Waals surface area contributed by atoms with E-state index in [0.29, 0.717) is 5.54 Å². The van der Waals surface area contributed by atoms with Crippen LogP contribution in [0.15, 0.2) is 30.3 Å². The summed E-state index contributed by atoms with van der Waals surface area (Å²) in [6.07, 6.45) is 4.00. The first-order valence-electron chi connectivity index (χ1n) is 7.66. The first kappa shape index (κ1) is 13.1. The van der Waals surface area contributed by atoms with Crippen LogP contribution in [0.1, 0.15) is 38.7 Å². The molecule has 1 aromatic carbocycles. The molecule has 0 saturated carbocycles. The third kappa shape index (κ3) is 3.18. The lowest BCUT2D eigenvalue weighted by molar-refractivity contribution is 0.236. The number of fused-ring (bicyclic) bond motifs is 1. The van der Waals surface area contributed by atoms with E-state index in [0.717, 1.165) is 18.5 Å². The molecule has 3 rings (SSSR count). The zero-order chi connectivity index (χ0) is 13.3. The third-order valence-electron chi connectivity index (χ3n) is 4.65. The average molecular weight is 258 g/mol. The Hall–Kier alpha value is -0.860. The number of nitrogens with zero attached hydrogens (tertiary/aromatic N) is 1. The van der Waals surface area contributed by atoms with Crippen molar-refractivity contribution < 1.29 is 0 Å². The van der Waals surface area contributed by atoms with Crippen LogP contribution in [0, 0.1) is 5.92 Å². The molecule has 0 aromatic heterocycles. The monoisotopic (exact) mass is 258 g/mol. The molecular weight excluding hydrogens is 232 g/mol. The van der Waals surface area contributed by atoms with E-state index in [2.05, 4.69) is 54.4 Å². The van der Waals surface area contributed by atoms with Gasteiger partial charge >= 0.3 is 0 Å². The molecular formula is C17H26N2. The van der Waals surface area contributed by atoms with E-state index in [1.54, 1.807) is 0 Å². The highest BCUT2D eigenvalue weighted by atomic mass is 15.2. The van der Waals surface area contributed by atoms with Gasteiger partial charge in [-0.05, 0) is 51.1 Å². The fourth-order valence-corrected chi connectivity index (χ4v) is 3.92. The highest BCUT2D eigenvalue weighted by Gasteiger charge is 2.39. The van der Waals surface area contributed by atoms with Crippen LogP contribution in [0.25, 0.3) is 0 Å². The molecule has 2 saturated heterocycles. The summed E-state index contributed by atoms with van der Waals surface area (Å²) in [4.78, 5) is 2.66. The molecule has 0 bridgehead atoms. The van der Waals surface area contributed by atoms with Gasteiger partial charge in [-0.25, -0.2) is 0 Å². The average Bonchev–Trinajstić information content (AvgIpc) is 2.53. The normalized spacial score (nSPS) is 30.8. The van der Waals surface area contributed by atoms with Crippen molar-refractivity contribution in [2.24, 2.45) is 5.92 Å². The Morgan fingerprint density at radius 1 is 1.26 bits per heavy atom. The van der Waals surface area contributed by atoms with Crippen LogP contribution < -0.4 is 5.32 Å². The van der Waals surface area contributed by atoms with Crippen LogP contribution in [-0.2, 0) is 6.54 Å². The quantitative estimate of drug-likeness (QED) is 0.877. The molecule has 1 N–H and O–H groups in total. The van der Waals surface area contributed by atoms with Crippen molar-refractivity contribution in [3.63, 3.8) is 0 Å². The van der Waals surface area contributed by atoms with Crippen molar-refractivity contribution in [2.75, 3.05) is 13.1 Å². The van der Waals surface area contributed by atoms with Crippen LogP contribution in [0.4, 0.5) is 0 Å². The zero-order valence-electron chi connectivity index (χ0n) is 12.2. The molecule has 2 nitrogen and oxygen atoms in total. The number of hydrogen-bond donors (Lipinski definition) is 1. The maximum atomic E-state index is 3.83. The Morgan fingerprint density at radius 2 is 2.05 bits per heavy atom. The number of nitrogens with one attached hydrogen (secondary N) is 1. The molecule has 0 spiro atoms. The third-order valence-corrected chi connectivity index (χ3v) is 4.65. The zero-order valence-corrected chi connectivity index (χ0v) is 12.2. The lowest BCUT2D eigenvalue weighted by Crippen LogP contribution is -2.38. The van der Waals surface area contributed by atoms with Crippen LogP contribution >= 0.6 is 0 Å². The number of benzene rings is 1. The smallest absolute Gasteiger partial charge is 0.0233 e.